The number of aromatic amines is 1. The van der Waals surface area contributed by atoms with E-state index >= 15 is 0 Å². The summed E-state index contributed by atoms with van der Waals surface area (Å²) in [6, 6.07) is 6.25. The maximum atomic E-state index is 5.87. The fourth-order valence-corrected chi connectivity index (χ4v) is 4.29. The van der Waals surface area contributed by atoms with Gasteiger partial charge in [0.05, 0.1) is 37.1 Å². The van der Waals surface area contributed by atoms with E-state index in [1.54, 1.807) is 20.4 Å². The van der Waals surface area contributed by atoms with Crippen LogP contribution in [0.25, 0.3) is 34.0 Å². The monoisotopic (exact) mass is 434 g/mol. The Labute approximate surface area is 185 Å². The van der Waals surface area contributed by atoms with Gasteiger partial charge in [0.25, 0.3) is 5.89 Å². The van der Waals surface area contributed by atoms with Gasteiger partial charge in [-0.05, 0) is 44.0 Å². The minimum absolute atomic E-state index is 0.343. The lowest BCUT2D eigenvalue weighted by molar-refractivity contribution is 0.355. The Kier molecular flexibility index (Phi) is 5.48. The minimum Gasteiger partial charge on any atom is -0.493 e. The number of aryl methyl sites for hydroxylation is 1. The van der Waals surface area contributed by atoms with Crippen LogP contribution >= 0.6 is 0 Å². The lowest BCUT2D eigenvalue weighted by Crippen LogP contribution is -2.23. The van der Waals surface area contributed by atoms with Gasteiger partial charge in [0.1, 0.15) is 0 Å². The summed E-state index contributed by atoms with van der Waals surface area (Å²) < 4.78 is 16.7. The summed E-state index contributed by atoms with van der Waals surface area (Å²) in [5, 5.41) is 11.8. The van der Waals surface area contributed by atoms with Gasteiger partial charge in [-0.15, -0.1) is 10.2 Å². The molecule has 0 radical (unpaired) electrons. The Morgan fingerprint density at radius 3 is 2.78 bits per heavy atom. The minimum atomic E-state index is 0.343. The van der Waals surface area contributed by atoms with Crippen molar-refractivity contribution in [2.75, 3.05) is 20.8 Å². The molecular weight excluding hydrogens is 408 g/mol. The molecule has 1 aliphatic rings. The summed E-state index contributed by atoms with van der Waals surface area (Å²) >= 11 is 0. The van der Waals surface area contributed by atoms with Crippen molar-refractivity contribution in [3.8, 4) is 34.5 Å². The van der Waals surface area contributed by atoms with Crippen molar-refractivity contribution in [3.05, 3.63) is 35.9 Å². The highest BCUT2D eigenvalue weighted by Gasteiger charge is 2.21. The van der Waals surface area contributed by atoms with E-state index in [-0.39, 0.29) is 0 Å². The number of fused-ring (bicyclic) bond motifs is 1. The smallest absolute Gasteiger partial charge is 0.285 e. The first-order chi connectivity index (χ1) is 15.7. The predicted octanol–water partition coefficient (Wildman–Crippen LogP) is 3.55. The maximum Gasteiger partial charge on any atom is 0.285 e. The van der Waals surface area contributed by atoms with E-state index < -0.39 is 0 Å². The van der Waals surface area contributed by atoms with Crippen LogP contribution in [-0.2, 0) is 12.8 Å². The number of nitrogens with one attached hydrogen (secondary N) is 2. The van der Waals surface area contributed by atoms with Gasteiger partial charge in [-0.1, -0.05) is 6.92 Å². The second-order valence-corrected chi connectivity index (χ2v) is 7.86. The average molecular weight is 435 g/mol. The van der Waals surface area contributed by atoms with Crippen molar-refractivity contribution in [2.45, 2.75) is 38.6 Å². The SMILES string of the molecule is CCc1c(-c2ccc(OC)c(OC)c2)[nH]c2cnc(-c3nnc(CC4CCCN4)o3)nc12. The van der Waals surface area contributed by atoms with Gasteiger partial charge in [-0.3, -0.25) is 0 Å². The number of hydrogen-bond donors (Lipinski definition) is 2. The van der Waals surface area contributed by atoms with Crippen LogP contribution in [0.5, 0.6) is 11.5 Å². The quantitative estimate of drug-likeness (QED) is 0.454. The van der Waals surface area contributed by atoms with Crippen LogP contribution in [0, 0.1) is 0 Å². The van der Waals surface area contributed by atoms with Crippen LogP contribution in [0.2, 0.25) is 0 Å². The van der Waals surface area contributed by atoms with E-state index in [9.17, 15) is 0 Å². The van der Waals surface area contributed by atoms with Crippen molar-refractivity contribution in [1.82, 2.24) is 30.5 Å². The maximum absolute atomic E-state index is 5.87. The van der Waals surface area contributed by atoms with Crippen molar-refractivity contribution in [1.29, 1.82) is 0 Å². The van der Waals surface area contributed by atoms with Crippen molar-refractivity contribution >= 4 is 11.0 Å². The van der Waals surface area contributed by atoms with Gasteiger partial charge in [0.15, 0.2) is 11.5 Å². The van der Waals surface area contributed by atoms with Crippen molar-refractivity contribution in [3.63, 3.8) is 0 Å². The van der Waals surface area contributed by atoms with Crippen molar-refractivity contribution < 1.29 is 13.9 Å². The third-order valence-electron chi connectivity index (χ3n) is 5.90. The van der Waals surface area contributed by atoms with E-state index in [1.807, 2.05) is 18.2 Å². The van der Waals surface area contributed by atoms with Crippen LogP contribution in [0.3, 0.4) is 0 Å². The zero-order chi connectivity index (χ0) is 22.1. The summed E-state index contributed by atoms with van der Waals surface area (Å²) in [6.07, 6.45) is 5.60. The Hall–Kier alpha value is -3.46. The van der Waals surface area contributed by atoms with Gasteiger partial charge in [0.2, 0.25) is 11.7 Å². The van der Waals surface area contributed by atoms with Gasteiger partial charge in [-0.25, -0.2) is 9.97 Å². The predicted molar refractivity (Wildman–Crippen MR) is 120 cm³/mol. The fourth-order valence-electron chi connectivity index (χ4n) is 4.29. The third kappa shape index (κ3) is 3.69. The zero-order valence-electron chi connectivity index (χ0n) is 18.4. The molecule has 166 valence electrons. The molecule has 2 N–H and O–H groups in total. The molecule has 4 aromatic rings. The van der Waals surface area contributed by atoms with Crippen LogP contribution in [-0.4, -0.2) is 52.0 Å². The molecule has 9 nitrogen and oxygen atoms in total. The molecular formula is C23H26N6O3. The number of H-pyrrole nitrogens is 1. The standard InChI is InChI=1S/C23H26N6O3/c1-4-15-20(13-7-8-17(30-2)18(10-13)31-3)26-16-12-25-22(27-21(15)16)23-29-28-19(32-23)11-14-6-5-9-24-14/h7-8,10,12,14,24,26H,4-6,9,11H2,1-3H3. The van der Waals surface area contributed by atoms with Gasteiger partial charge in [0, 0.05) is 23.6 Å². The summed E-state index contributed by atoms with van der Waals surface area (Å²) in [5.41, 5.74) is 4.76. The molecule has 1 saturated heterocycles. The van der Waals surface area contributed by atoms with Gasteiger partial charge in [-0.2, -0.15) is 0 Å². The Bertz CT molecular complexity index is 1240. The van der Waals surface area contributed by atoms with Crippen molar-refractivity contribution in [2.24, 2.45) is 0 Å². The number of nitrogens with zero attached hydrogens (tertiary/aromatic N) is 4. The molecule has 32 heavy (non-hydrogen) atoms. The average Bonchev–Trinajstić information content (AvgIpc) is 3.58. The second kappa shape index (κ2) is 8.58. The summed E-state index contributed by atoms with van der Waals surface area (Å²) in [5.74, 6) is 2.75. The van der Waals surface area contributed by atoms with E-state index in [2.05, 4.69) is 32.4 Å². The number of benzene rings is 1. The zero-order valence-corrected chi connectivity index (χ0v) is 18.4. The van der Waals surface area contributed by atoms with Crippen LogP contribution in [0.15, 0.2) is 28.8 Å². The van der Waals surface area contributed by atoms with Crippen LogP contribution in [0.1, 0.15) is 31.2 Å². The molecule has 4 heterocycles. The number of rotatable bonds is 7. The Morgan fingerprint density at radius 2 is 2.03 bits per heavy atom. The Balaban J connectivity index is 1.50. The number of aromatic nitrogens is 5. The summed E-state index contributed by atoms with van der Waals surface area (Å²) in [6.45, 7) is 3.15. The first-order valence-electron chi connectivity index (χ1n) is 10.9. The van der Waals surface area contributed by atoms with E-state index in [1.165, 1.54) is 6.42 Å². The molecule has 1 fully saturated rings. The molecule has 1 aromatic carbocycles. The Morgan fingerprint density at radius 1 is 1.16 bits per heavy atom. The highest BCUT2D eigenvalue weighted by molar-refractivity contribution is 5.88. The second-order valence-electron chi connectivity index (χ2n) is 7.86. The largest absolute Gasteiger partial charge is 0.493 e. The third-order valence-corrected chi connectivity index (χ3v) is 5.90. The molecule has 1 unspecified atom stereocenters. The topological polar surface area (TPSA) is 111 Å². The molecule has 3 aromatic heterocycles. The van der Waals surface area contributed by atoms with Gasteiger partial charge < -0.3 is 24.2 Å². The highest BCUT2D eigenvalue weighted by Crippen LogP contribution is 2.36. The van der Waals surface area contributed by atoms with Crippen LogP contribution in [0.4, 0.5) is 0 Å². The van der Waals surface area contributed by atoms with E-state index in [0.717, 1.165) is 53.7 Å². The molecule has 0 spiro atoms. The fraction of sp³-hybridized carbons (Fsp3) is 0.391. The first kappa shape index (κ1) is 20.4. The highest BCUT2D eigenvalue weighted by atomic mass is 16.5. The normalized spacial score (nSPS) is 16.0. The van der Waals surface area contributed by atoms with Crippen LogP contribution < -0.4 is 14.8 Å². The molecule has 0 amide bonds. The number of methoxy groups -OCH3 is 2. The summed E-state index contributed by atoms with van der Waals surface area (Å²) in [4.78, 5) is 12.7. The molecule has 0 saturated carbocycles. The van der Waals surface area contributed by atoms with E-state index in [0.29, 0.717) is 35.1 Å². The number of hydrogen-bond acceptors (Lipinski definition) is 8. The summed E-state index contributed by atoms with van der Waals surface area (Å²) in [7, 11) is 3.26. The molecule has 5 rings (SSSR count). The first-order valence-corrected chi connectivity index (χ1v) is 10.9. The number of ether oxygens (including phenoxy) is 2. The molecule has 0 bridgehead atoms. The lowest BCUT2D eigenvalue weighted by atomic mass is 10.0. The molecule has 0 aliphatic carbocycles. The van der Waals surface area contributed by atoms with E-state index in [4.69, 9.17) is 18.9 Å². The molecule has 1 atom stereocenters. The van der Waals surface area contributed by atoms with Gasteiger partial charge >= 0.3 is 0 Å². The lowest BCUT2D eigenvalue weighted by Gasteiger charge is -2.09. The molecule has 1 aliphatic heterocycles. The molecule has 9 heteroatoms.